The monoisotopic (exact) mass is 460 g/mol. The van der Waals surface area contributed by atoms with Gasteiger partial charge in [0.2, 0.25) is 10.0 Å². The number of ether oxygens (including phenoxy) is 2. The van der Waals surface area contributed by atoms with Crippen LogP contribution in [0.4, 0.5) is 5.69 Å². The number of hydrogen-bond acceptors (Lipinski definition) is 6. The van der Waals surface area contributed by atoms with Crippen LogP contribution in [-0.2, 0) is 14.8 Å². The van der Waals surface area contributed by atoms with E-state index in [2.05, 4.69) is 12.2 Å². The third-order valence-corrected chi connectivity index (χ3v) is 7.20. The summed E-state index contributed by atoms with van der Waals surface area (Å²) in [6.07, 6.45) is 1.89. The lowest BCUT2D eigenvalue weighted by atomic mass is 10.0. The highest BCUT2D eigenvalue weighted by Gasteiger charge is 2.28. The SMILES string of the molecule is COc1cc(C(C)=O)ccc1OCC(=O)Nc1ccc(S(=O)(=O)N2CCCC(C)C2)cc1. The van der Waals surface area contributed by atoms with Gasteiger partial charge in [0.15, 0.2) is 23.9 Å². The summed E-state index contributed by atoms with van der Waals surface area (Å²) in [5.41, 5.74) is 0.941. The van der Waals surface area contributed by atoms with Crippen molar-refractivity contribution in [2.45, 2.75) is 31.6 Å². The number of carbonyl (C=O) groups is 2. The number of Topliss-reactive ketones (excluding diaryl/α,β-unsaturated/α-hetero) is 1. The predicted octanol–water partition coefficient (Wildman–Crippen LogP) is 3.34. The van der Waals surface area contributed by atoms with Gasteiger partial charge in [-0.3, -0.25) is 9.59 Å². The lowest BCUT2D eigenvalue weighted by Gasteiger charge is -2.30. The van der Waals surface area contributed by atoms with Crippen molar-refractivity contribution in [3.63, 3.8) is 0 Å². The predicted molar refractivity (Wildman–Crippen MR) is 121 cm³/mol. The summed E-state index contributed by atoms with van der Waals surface area (Å²) in [7, 11) is -2.10. The fourth-order valence-corrected chi connectivity index (χ4v) is 5.17. The van der Waals surface area contributed by atoms with E-state index in [0.717, 1.165) is 12.8 Å². The van der Waals surface area contributed by atoms with Gasteiger partial charge in [-0.1, -0.05) is 6.92 Å². The molecule has 0 saturated carbocycles. The quantitative estimate of drug-likeness (QED) is 0.606. The Bertz CT molecular complexity index is 1080. The standard InChI is InChI=1S/C23H28N2O6S/c1-16-5-4-12-25(14-16)32(28,29)20-9-7-19(8-10-20)24-23(27)15-31-21-11-6-18(17(2)26)13-22(21)30-3/h6-11,13,16H,4-5,12,14-15H2,1-3H3,(H,24,27). The molecule has 1 heterocycles. The Morgan fingerprint density at radius 2 is 1.84 bits per heavy atom. The fraction of sp³-hybridized carbons (Fsp3) is 0.391. The number of sulfonamides is 1. The first-order chi connectivity index (χ1) is 15.2. The van der Waals surface area contributed by atoms with Crippen molar-refractivity contribution in [1.29, 1.82) is 0 Å². The van der Waals surface area contributed by atoms with Crippen molar-refractivity contribution >= 4 is 27.4 Å². The molecule has 1 N–H and O–H groups in total. The van der Waals surface area contributed by atoms with Gasteiger partial charge < -0.3 is 14.8 Å². The van der Waals surface area contributed by atoms with Crippen LogP contribution >= 0.6 is 0 Å². The Balaban J connectivity index is 1.60. The maximum absolute atomic E-state index is 12.8. The molecular weight excluding hydrogens is 432 g/mol. The van der Waals surface area contributed by atoms with Crippen molar-refractivity contribution in [3.8, 4) is 11.5 Å². The van der Waals surface area contributed by atoms with Gasteiger partial charge in [-0.25, -0.2) is 8.42 Å². The maximum atomic E-state index is 12.8. The Kier molecular flexibility index (Phi) is 7.52. The zero-order chi connectivity index (χ0) is 23.3. The molecule has 0 aliphatic carbocycles. The van der Waals surface area contributed by atoms with Gasteiger partial charge in [0.1, 0.15) is 0 Å². The van der Waals surface area contributed by atoms with Gasteiger partial charge >= 0.3 is 0 Å². The molecule has 0 bridgehead atoms. The van der Waals surface area contributed by atoms with Crippen LogP contribution in [-0.4, -0.2) is 51.2 Å². The van der Waals surface area contributed by atoms with E-state index in [9.17, 15) is 18.0 Å². The number of piperidine rings is 1. The van der Waals surface area contributed by atoms with Gasteiger partial charge in [0, 0.05) is 24.3 Å². The second-order valence-corrected chi connectivity index (χ2v) is 9.83. The van der Waals surface area contributed by atoms with E-state index in [1.54, 1.807) is 30.3 Å². The van der Waals surface area contributed by atoms with Crippen molar-refractivity contribution in [2.75, 3.05) is 32.1 Å². The molecule has 2 aromatic carbocycles. The molecule has 1 atom stereocenters. The molecule has 172 valence electrons. The molecule has 2 aromatic rings. The summed E-state index contributed by atoms with van der Waals surface area (Å²) in [6, 6.07) is 10.8. The molecule has 32 heavy (non-hydrogen) atoms. The number of carbonyl (C=O) groups excluding carboxylic acids is 2. The minimum Gasteiger partial charge on any atom is -0.493 e. The lowest BCUT2D eigenvalue weighted by molar-refractivity contribution is -0.118. The van der Waals surface area contributed by atoms with Gasteiger partial charge in [0.05, 0.1) is 12.0 Å². The van der Waals surface area contributed by atoms with Crippen molar-refractivity contribution in [1.82, 2.24) is 4.31 Å². The molecule has 1 amide bonds. The maximum Gasteiger partial charge on any atom is 0.262 e. The lowest BCUT2D eigenvalue weighted by Crippen LogP contribution is -2.39. The van der Waals surface area contributed by atoms with E-state index in [0.29, 0.717) is 41.8 Å². The molecule has 8 nitrogen and oxygen atoms in total. The van der Waals surface area contributed by atoms with Gasteiger partial charge in [-0.15, -0.1) is 0 Å². The third kappa shape index (κ3) is 5.66. The molecule has 1 unspecified atom stereocenters. The van der Waals surface area contributed by atoms with Crippen LogP contribution in [0.5, 0.6) is 11.5 Å². The van der Waals surface area contributed by atoms with Gasteiger partial charge in [-0.05, 0) is 68.1 Å². The smallest absolute Gasteiger partial charge is 0.262 e. The van der Waals surface area contributed by atoms with Crippen LogP contribution in [0.1, 0.15) is 37.0 Å². The highest BCUT2D eigenvalue weighted by atomic mass is 32.2. The van der Waals surface area contributed by atoms with Crippen molar-refractivity contribution < 1.29 is 27.5 Å². The first-order valence-corrected chi connectivity index (χ1v) is 11.9. The second kappa shape index (κ2) is 10.1. The number of hydrogen-bond donors (Lipinski definition) is 1. The van der Waals surface area contributed by atoms with E-state index in [-0.39, 0.29) is 17.3 Å². The number of nitrogens with one attached hydrogen (secondary N) is 1. The molecule has 1 aliphatic heterocycles. The number of anilines is 1. The second-order valence-electron chi connectivity index (χ2n) is 7.89. The van der Waals surface area contributed by atoms with Crippen LogP contribution in [0.3, 0.4) is 0 Å². The third-order valence-electron chi connectivity index (χ3n) is 5.32. The van der Waals surface area contributed by atoms with Gasteiger partial charge in [-0.2, -0.15) is 4.31 Å². The molecule has 0 radical (unpaired) electrons. The number of benzene rings is 2. The Hall–Kier alpha value is -2.91. The fourth-order valence-electron chi connectivity index (χ4n) is 3.57. The Labute approximate surface area is 188 Å². The molecule has 1 fully saturated rings. The molecule has 1 aliphatic rings. The van der Waals surface area contributed by atoms with Crippen LogP contribution in [0, 0.1) is 5.92 Å². The van der Waals surface area contributed by atoms with E-state index in [4.69, 9.17) is 9.47 Å². The molecule has 0 aromatic heterocycles. The van der Waals surface area contributed by atoms with Crippen LogP contribution in [0.15, 0.2) is 47.4 Å². The Morgan fingerprint density at radius 1 is 1.12 bits per heavy atom. The first kappa shape index (κ1) is 23.7. The van der Waals surface area contributed by atoms with Crippen LogP contribution < -0.4 is 14.8 Å². The largest absolute Gasteiger partial charge is 0.493 e. The minimum absolute atomic E-state index is 0.104. The number of ketones is 1. The molecule has 3 rings (SSSR count). The highest BCUT2D eigenvalue weighted by molar-refractivity contribution is 7.89. The van der Waals surface area contributed by atoms with Crippen LogP contribution in [0.25, 0.3) is 0 Å². The number of rotatable bonds is 8. The van der Waals surface area contributed by atoms with Crippen LogP contribution in [0.2, 0.25) is 0 Å². The zero-order valence-electron chi connectivity index (χ0n) is 18.5. The number of amides is 1. The summed E-state index contributed by atoms with van der Waals surface area (Å²) in [5, 5.41) is 2.68. The van der Waals surface area contributed by atoms with E-state index < -0.39 is 15.9 Å². The summed E-state index contributed by atoms with van der Waals surface area (Å²) in [6.45, 7) is 4.28. The topological polar surface area (TPSA) is 102 Å². The first-order valence-electron chi connectivity index (χ1n) is 10.4. The molecule has 0 spiro atoms. The summed E-state index contributed by atoms with van der Waals surface area (Å²) in [4.78, 5) is 24.0. The van der Waals surface area contributed by atoms with Crippen molar-refractivity contribution in [2.24, 2.45) is 5.92 Å². The van der Waals surface area contributed by atoms with E-state index >= 15 is 0 Å². The molecule has 1 saturated heterocycles. The highest BCUT2D eigenvalue weighted by Crippen LogP contribution is 2.28. The molecule has 9 heteroatoms. The number of nitrogens with zero attached hydrogens (tertiary/aromatic N) is 1. The minimum atomic E-state index is -3.55. The summed E-state index contributed by atoms with van der Waals surface area (Å²) in [5.74, 6) is 0.516. The normalized spacial score (nSPS) is 16.9. The zero-order valence-corrected chi connectivity index (χ0v) is 19.3. The summed E-state index contributed by atoms with van der Waals surface area (Å²) < 4.78 is 37.9. The van der Waals surface area contributed by atoms with Gasteiger partial charge in [0.25, 0.3) is 5.91 Å². The number of methoxy groups -OCH3 is 1. The van der Waals surface area contributed by atoms with E-state index in [1.807, 2.05) is 0 Å². The van der Waals surface area contributed by atoms with Crippen molar-refractivity contribution in [3.05, 3.63) is 48.0 Å². The average molecular weight is 461 g/mol. The van der Waals surface area contributed by atoms with E-state index in [1.165, 1.54) is 30.5 Å². The summed E-state index contributed by atoms with van der Waals surface area (Å²) >= 11 is 0. The Morgan fingerprint density at radius 3 is 2.47 bits per heavy atom. The average Bonchev–Trinajstić information content (AvgIpc) is 2.77. The molecular formula is C23H28N2O6S.